The first kappa shape index (κ1) is 19.9. The van der Waals surface area contributed by atoms with E-state index in [2.05, 4.69) is 25.9 Å². The molecule has 21 heavy (non-hydrogen) atoms. The van der Waals surface area contributed by atoms with Gasteiger partial charge in [-0.05, 0) is 31.8 Å². The highest BCUT2D eigenvalue weighted by atomic mass is 35.5. The van der Waals surface area contributed by atoms with Crippen molar-refractivity contribution >= 4 is 36.5 Å². The molecule has 0 aromatic carbocycles. The van der Waals surface area contributed by atoms with E-state index < -0.39 is 0 Å². The molecule has 2 heterocycles. The van der Waals surface area contributed by atoms with Crippen LogP contribution in [0.25, 0.3) is 0 Å². The van der Waals surface area contributed by atoms with Gasteiger partial charge < -0.3 is 16.0 Å². The quantitative estimate of drug-likeness (QED) is 0.653. The molecule has 1 amide bonds. The molecule has 6 nitrogen and oxygen atoms in total. The standard InChI is InChI=1S/C13H21N5O.2ClH/c19-13(2-1-11-3-4-14-9-11)18-8-7-17-12-10-15-5-6-16-12;;/h5-6,10-11,14H,1-4,7-9H2,(H,16,17)(H,18,19);2*1H. The molecule has 1 saturated heterocycles. The van der Waals surface area contributed by atoms with Gasteiger partial charge in [0, 0.05) is 31.9 Å². The van der Waals surface area contributed by atoms with E-state index in [0.717, 1.165) is 25.3 Å². The molecule has 1 fully saturated rings. The molecule has 0 saturated carbocycles. The van der Waals surface area contributed by atoms with Gasteiger partial charge in [-0.3, -0.25) is 9.78 Å². The Bertz CT molecular complexity index is 387. The minimum Gasteiger partial charge on any atom is -0.367 e. The first-order chi connectivity index (χ1) is 9.34. The summed E-state index contributed by atoms with van der Waals surface area (Å²) >= 11 is 0. The predicted molar refractivity (Wildman–Crippen MR) is 88.2 cm³/mol. The third-order valence-corrected chi connectivity index (χ3v) is 3.26. The Morgan fingerprint density at radius 3 is 2.86 bits per heavy atom. The number of hydrogen-bond donors (Lipinski definition) is 3. The van der Waals surface area contributed by atoms with Crippen molar-refractivity contribution in [2.75, 3.05) is 31.5 Å². The second-order valence-corrected chi connectivity index (χ2v) is 4.76. The summed E-state index contributed by atoms with van der Waals surface area (Å²) in [6.07, 6.45) is 7.73. The maximum Gasteiger partial charge on any atom is 0.220 e. The van der Waals surface area contributed by atoms with E-state index in [9.17, 15) is 4.79 Å². The van der Waals surface area contributed by atoms with Gasteiger partial charge in [0.25, 0.3) is 0 Å². The normalized spacial score (nSPS) is 16.5. The molecule has 0 spiro atoms. The van der Waals surface area contributed by atoms with Crippen molar-refractivity contribution in [2.45, 2.75) is 19.3 Å². The number of aromatic nitrogens is 2. The summed E-state index contributed by atoms with van der Waals surface area (Å²) in [5.74, 6) is 1.53. The molecule has 1 aliphatic heterocycles. The molecule has 0 aliphatic carbocycles. The average Bonchev–Trinajstić information content (AvgIpc) is 2.96. The van der Waals surface area contributed by atoms with Gasteiger partial charge in [-0.25, -0.2) is 4.98 Å². The molecule has 8 heteroatoms. The zero-order chi connectivity index (χ0) is 13.3. The summed E-state index contributed by atoms with van der Waals surface area (Å²) in [5.41, 5.74) is 0. The second kappa shape index (κ2) is 11.5. The van der Waals surface area contributed by atoms with Crippen LogP contribution in [0.15, 0.2) is 18.6 Å². The van der Waals surface area contributed by atoms with E-state index in [1.807, 2.05) is 0 Å². The van der Waals surface area contributed by atoms with E-state index in [1.54, 1.807) is 18.6 Å². The topological polar surface area (TPSA) is 78.9 Å². The Hall–Kier alpha value is -1.11. The van der Waals surface area contributed by atoms with Crippen molar-refractivity contribution in [3.05, 3.63) is 18.6 Å². The molecule has 1 aromatic heterocycles. The predicted octanol–water partition coefficient (Wildman–Crippen LogP) is 1.24. The molecular formula is C13H23Cl2N5O. The van der Waals surface area contributed by atoms with Crippen molar-refractivity contribution in [2.24, 2.45) is 5.92 Å². The number of amides is 1. The Kier molecular flexibility index (Phi) is 10.9. The first-order valence-corrected chi connectivity index (χ1v) is 6.82. The van der Waals surface area contributed by atoms with Crippen molar-refractivity contribution in [3.63, 3.8) is 0 Å². The van der Waals surface area contributed by atoms with Gasteiger partial charge in [0.2, 0.25) is 5.91 Å². The molecule has 1 aromatic rings. The number of carbonyl (C=O) groups is 1. The van der Waals surface area contributed by atoms with Crippen LogP contribution in [0.3, 0.4) is 0 Å². The van der Waals surface area contributed by atoms with Gasteiger partial charge in [-0.15, -0.1) is 24.8 Å². The van der Waals surface area contributed by atoms with Gasteiger partial charge in [0.15, 0.2) is 0 Å². The van der Waals surface area contributed by atoms with Crippen LogP contribution in [0.4, 0.5) is 5.82 Å². The molecular weight excluding hydrogens is 313 g/mol. The highest BCUT2D eigenvalue weighted by Crippen LogP contribution is 2.13. The number of anilines is 1. The first-order valence-electron chi connectivity index (χ1n) is 6.82. The van der Waals surface area contributed by atoms with E-state index in [4.69, 9.17) is 0 Å². The zero-order valence-corrected chi connectivity index (χ0v) is 13.5. The molecule has 2 rings (SSSR count). The summed E-state index contributed by atoms with van der Waals surface area (Å²) in [7, 11) is 0. The lowest BCUT2D eigenvalue weighted by atomic mass is 10.0. The monoisotopic (exact) mass is 335 g/mol. The highest BCUT2D eigenvalue weighted by Gasteiger charge is 2.15. The fourth-order valence-corrected chi connectivity index (χ4v) is 2.17. The van der Waals surface area contributed by atoms with E-state index in [1.165, 1.54) is 6.42 Å². The van der Waals surface area contributed by atoms with Crippen LogP contribution in [0, 0.1) is 5.92 Å². The summed E-state index contributed by atoms with van der Waals surface area (Å²) < 4.78 is 0. The molecule has 1 unspecified atom stereocenters. The summed E-state index contributed by atoms with van der Waals surface area (Å²) in [4.78, 5) is 19.7. The number of carbonyl (C=O) groups excluding carboxylic acids is 1. The fourth-order valence-electron chi connectivity index (χ4n) is 2.17. The van der Waals surface area contributed by atoms with Crippen LogP contribution in [0.2, 0.25) is 0 Å². The van der Waals surface area contributed by atoms with Gasteiger partial charge in [-0.1, -0.05) is 0 Å². The van der Waals surface area contributed by atoms with Crippen LogP contribution >= 0.6 is 24.8 Å². The molecule has 1 atom stereocenters. The molecule has 120 valence electrons. The Labute approximate surface area is 137 Å². The van der Waals surface area contributed by atoms with Crippen molar-refractivity contribution in [1.82, 2.24) is 20.6 Å². The zero-order valence-electron chi connectivity index (χ0n) is 11.9. The number of halogens is 2. The molecule has 0 radical (unpaired) electrons. The largest absolute Gasteiger partial charge is 0.367 e. The van der Waals surface area contributed by atoms with Gasteiger partial charge in [0.05, 0.1) is 6.20 Å². The lowest BCUT2D eigenvalue weighted by Crippen LogP contribution is -2.29. The van der Waals surface area contributed by atoms with Crippen molar-refractivity contribution < 1.29 is 4.79 Å². The maximum atomic E-state index is 11.6. The van der Waals surface area contributed by atoms with Crippen molar-refractivity contribution in [3.8, 4) is 0 Å². The summed E-state index contributed by atoms with van der Waals surface area (Å²) in [6, 6.07) is 0. The van der Waals surface area contributed by atoms with Crippen LogP contribution in [-0.2, 0) is 4.79 Å². The Morgan fingerprint density at radius 2 is 2.19 bits per heavy atom. The molecule has 0 bridgehead atoms. The molecule has 3 N–H and O–H groups in total. The van der Waals surface area contributed by atoms with Crippen LogP contribution in [-0.4, -0.2) is 42.1 Å². The Morgan fingerprint density at radius 1 is 1.33 bits per heavy atom. The average molecular weight is 336 g/mol. The Balaban J connectivity index is 0.00000200. The summed E-state index contributed by atoms with van der Waals surface area (Å²) in [6.45, 7) is 3.42. The van der Waals surface area contributed by atoms with E-state index in [0.29, 0.717) is 25.4 Å². The fraction of sp³-hybridized carbons (Fsp3) is 0.615. The van der Waals surface area contributed by atoms with Crippen LogP contribution in [0.5, 0.6) is 0 Å². The SMILES string of the molecule is Cl.Cl.O=C(CCC1CCNC1)NCCNc1cnccn1. The lowest BCUT2D eigenvalue weighted by Gasteiger charge is -2.09. The van der Waals surface area contributed by atoms with Crippen LogP contribution < -0.4 is 16.0 Å². The smallest absolute Gasteiger partial charge is 0.220 e. The third kappa shape index (κ3) is 8.04. The minimum absolute atomic E-state index is 0. The number of hydrogen-bond acceptors (Lipinski definition) is 5. The maximum absolute atomic E-state index is 11.6. The number of nitrogens with one attached hydrogen (secondary N) is 3. The van der Waals surface area contributed by atoms with E-state index >= 15 is 0 Å². The molecule has 1 aliphatic rings. The summed E-state index contributed by atoms with van der Waals surface area (Å²) in [5, 5.41) is 9.32. The number of rotatable bonds is 7. The minimum atomic E-state index is 0. The van der Waals surface area contributed by atoms with Gasteiger partial charge in [0.1, 0.15) is 5.82 Å². The van der Waals surface area contributed by atoms with Gasteiger partial charge in [-0.2, -0.15) is 0 Å². The highest BCUT2D eigenvalue weighted by molar-refractivity contribution is 5.85. The second-order valence-electron chi connectivity index (χ2n) is 4.76. The number of nitrogens with zero attached hydrogens (tertiary/aromatic N) is 2. The van der Waals surface area contributed by atoms with Gasteiger partial charge >= 0.3 is 0 Å². The van der Waals surface area contributed by atoms with Crippen molar-refractivity contribution in [1.29, 1.82) is 0 Å². The van der Waals surface area contributed by atoms with E-state index in [-0.39, 0.29) is 30.7 Å². The lowest BCUT2D eigenvalue weighted by molar-refractivity contribution is -0.121. The van der Waals surface area contributed by atoms with Crippen LogP contribution in [0.1, 0.15) is 19.3 Å². The third-order valence-electron chi connectivity index (χ3n) is 3.26.